The van der Waals surface area contributed by atoms with E-state index >= 15 is 0 Å². The van der Waals surface area contributed by atoms with Crippen LogP contribution >= 0.6 is 0 Å². The number of hydrogen-bond acceptors (Lipinski definition) is 4. The maximum absolute atomic E-state index is 13.6. The standard InChI is InChI=1S/C31H40N4O3/c1-4-34(5-2)29(22-9-7-6-8-10-22)30(37)35-20-31(21-35)15-13-24(14-16-31)33-28(36)17-23-19-32-27-18-25(38-3)11-12-26(23)27/h6-12,18-19,24,29,32H,4-5,13-17,20-21H2,1-3H3,(H,33,36). The number of carbonyl (C=O) groups is 2. The number of rotatable bonds is 9. The topological polar surface area (TPSA) is 77.7 Å². The molecule has 1 aliphatic heterocycles. The Morgan fingerprint density at radius 1 is 1.11 bits per heavy atom. The molecule has 2 aliphatic rings. The molecule has 1 saturated heterocycles. The lowest BCUT2D eigenvalue weighted by atomic mass is 9.67. The van der Waals surface area contributed by atoms with Crippen molar-refractivity contribution in [1.29, 1.82) is 0 Å². The van der Waals surface area contributed by atoms with Gasteiger partial charge in [0, 0.05) is 47.7 Å². The third-order valence-corrected chi connectivity index (χ3v) is 8.63. The molecule has 2 heterocycles. The number of benzene rings is 2. The lowest BCUT2D eigenvalue weighted by Gasteiger charge is -2.54. The molecule has 7 nitrogen and oxygen atoms in total. The van der Waals surface area contributed by atoms with Gasteiger partial charge in [-0.15, -0.1) is 0 Å². The first-order chi connectivity index (χ1) is 18.4. The van der Waals surface area contributed by atoms with Gasteiger partial charge in [-0.2, -0.15) is 0 Å². The Kier molecular flexibility index (Phi) is 7.75. The molecule has 3 aromatic rings. The quantitative estimate of drug-likeness (QED) is 0.433. The summed E-state index contributed by atoms with van der Waals surface area (Å²) < 4.78 is 5.29. The summed E-state index contributed by atoms with van der Waals surface area (Å²) in [7, 11) is 1.65. The van der Waals surface area contributed by atoms with Crippen molar-refractivity contribution in [3.05, 3.63) is 65.9 Å². The maximum atomic E-state index is 13.6. The van der Waals surface area contributed by atoms with Gasteiger partial charge in [-0.1, -0.05) is 44.2 Å². The molecule has 0 bridgehead atoms. The summed E-state index contributed by atoms with van der Waals surface area (Å²) >= 11 is 0. The summed E-state index contributed by atoms with van der Waals surface area (Å²) in [5.41, 5.74) is 3.26. The van der Waals surface area contributed by atoms with Gasteiger partial charge in [0.25, 0.3) is 0 Å². The lowest BCUT2D eigenvalue weighted by Crippen LogP contribution is -2.62. The number of aromatic nitrogens is 1. The fraction of sp³-hybridized carbons (Fsp3) is 0.484. The number of likely N-dealkylation sites (tertiary alicyclic amines) is 1. The van der Waals surface area contributed by atoms with Crippen LogP contribution in [-0.2, 0) is 16.0 Å². The monoisotopic (exact) mass is 516 g/mol. The minimum Gasteiger partial charge on any atom is -0.497 e. The second-order valence-electron chi connectivity index (χ2n) is 11.0. The third-order valence-electron chi connectivity index (χ3n) is 8.63. The van der Waals surface area contributed by atoms with Crippen molar-refractivity contribution in [2.24, 2.45) is 5.41 Å². The van der Waals surface area contributed by atoms with Crippen LogP contribution in [0.15, 0.2) is 54.7 Å². The van der Waals surface area contributed by atoms with Gasteiger partial charge < -0.3 is 19.9 Å². The Bertz CT molecular complexity index is 1250. The number of fused-ring (bicyclic) bond motifs is 1. The molecule has 0 radical (unpaired) electrons. The molecule has 1 atom stereocenters. The summed E-state index contributed by atoms with van der Waals surface area (Å²) in [6, 6.07) is 16.0. The fourth-order valence-electron chi connectivity index (χ4n) is 6.41. The smallest absolute Gasteiger partial charge is 0.244 e. The van der Waals surface area contributed by atoms with E-state index in [1.807, 2.05) is 42.6 Å². The lowest BCUT2D eigenvalue weighted by molar-refractivity contribution is -0.152. The number of nitrogens with one attached hydrogen (secondary N) is 2. The molecule has 2 fully saturated rings. The van der Waals surface area contributed by atoms with E-state index in [4.69, 9.17) is 4.74 Å². The van der Waals surface area contributed by atoms with Crippen LogP contribution in [-0.4, -0.2) is 65.9 Å². The van der Waals surface area contributed by atoms with E-state index in [0.29, 0.717) is 6.42 Å². The minimum atomic E-state index is -0.218. The van der Waals surface area contributed by atoms with Gasteiger partial charge in [-0.05, 0) is 62.0 Å². The number of hydrogen-bond donors (Lipinski definition) is 2. The van der Waals surface area contributed by atoms with Crippen molar-refractivity contribution in [1.82, 2.24) is 20.1 Å². The van der Waals surface area contributed by atoms with Crippen molar-refractivity contribution < 1.29 is 14.3 Å². The molecule has 202 valence electrons. The van der Waals surface area contributed by atoms with Crippen molar-refractivity contribution in [3.63, 3.8) is 0 Å². The van der Waals surface area contributed by atoms with Crippen LogP contribution in [0.25, 0.3) is 10.9 Å². The Balaban J connectivity index is 1.13. The van der Waals surface area contributed by atoms with Gasteiger partial charge in [0.2, 0.25) is 11.8 Å². The number of methoxy groups -OCH3 is 1. The number of ether oxygens (including phenoxy) is 1. The summed E-state index contributed by atoms with van der Waals surface area (Å²) in [6.45, 7) is 7.58. The Morgan fingerprint density at radius 3 is 2.47 bits per heavy atom. The third kappa shape index (κ3) is 5.30. The second-order valence-corrected chi connectivity index (χ2v) is 11.0. The van der Waals surface area contributed by atoms with E-state index in [-0.39, 0.29) is 29.3 Å². The molecule has 2 N–H and O–H groups in total. The highest BCUT2D eigenvalue weighted by Crippen LogP contribution is 2.45. The molecule has 1 aliphatic carbocycles. The van der Waals surface area contributed by atoms with E-state index < -0.39 is 0 Å². The Labute approximate surface area is 225 Å². The SMILES string of the molecule is CCN(CC)C(C(=O)N1CC2(CCC(NC(=O)Cc3c[nH]c4cc(OC)ccc34)CC2)C1)c1ccccc1. The Morgan fingerprint density at radius 2 is 1.82 bits per heavy atom. The molecule has 1 spiro atoms. The number of carbonyl (C=O) groups excluding carboxylic acids is 2. The van der Waals surface area contributed by atoms with Crippen LogP contribution in [0, 0.1) is 5.41 Å². The van der Waals surface area contributed by atoms with Gasteiger partial charge >= 0.3 is 0 Å². The first kappa shape index (κ1) is 26.3. The molecule has 1 unspecified atom stereocenters. The van der Waals surface area contributed by atoms with Crippen molar-refractivity contribution in [2.45, 2.75) is 58.0 Å². The van der Waals surface area contributed by atoms with Gasteiger partial charge in [0.1, 0.15) is 11.8 Å². The molecule has 5 rings (SSSR count). The van der Waals surface area contributed by atoms with Gasteiger partial charge in [0.05, 0.1) is 13.5 Å². The van der Waals surface area contributed by atoms with Gasteiger partial charge in [0.15, 0.2) is 0 Å². The van der Waals surface area contributed by atoms with Crippen molar-refractivity contribution in [2.75, 3.05) is 33.3 Å². The average molecular weight is 517 g/mol. The average Bonchev–Trinajstić information content (AvgIpc) is 3.32. The molecule has 2 amide bonds. The zero-order chi connectivity index (χ0) is 26.7. The molecular weight excluding hydrogens is 476 g/mol. The number of aromatic amines is 1. The van der Waals surface area contributed by atoms with Crippen molar-refractivity contribution in [3.8, 4) is 5.75 Å². The molecular formula is C31H40N4O3. The van der Waals surface area contributed by atoms with E-state index in [9.17, 15) is 9.59 Å². The number of likely N-dealkylation sites (N-methyl/N-ethyl adjacent to an activating group) is 1. The fourth-order valence-corrected chi connectivity index (χ4v) is 6.41. The molecule has 2 aromatic carbocycles. The first-order valence-corrected chi connectivity index (χ1v) is 14.0. The highest BCUT2D eigenvalue weighted by Gasteiger charge is 2.48. The molecule has 38 heavy (non-hydrogen) atoms. The predicted molar refractivity (Wildman–Crippen MR) is 150 cm³/mol. The highest BCUT2D eigenvalue weighted by atomic mass is 16.5. The predicted octanol–water partition coefficient (Wildman–Crippen LogP) is 4.69. The Hall–Kier alpha value is -3.32. The summed E-state index contributed by atoms with van der Waals surface area (Å²) in [5.74, 6) is 1.08. The summed E-state index contributed by atoms with van der Waals surface area (Å²) in [5, 5.41) is 4.33. The van der Waals surface area contributed by atoms with E-state index in [2.05, 4.69) is 46.1 Å². The van der Waals surface area contributed by atoms with Crippen LogP contribution in [0.1, 0.15) is 56.7 Å². The number of amides is 2. The van der Waals surface area contributed by atoms with Crippen molar-refractivity contribution >= 4 is 22.7 Å². The van der Waals surface area contributed by atoms with E-state index in [0.717, 1.165) is 79.6 Å². The van der Waals surface area contributed by atoms with E-state index in [1.54, 1.807) is 7.11 Å². The van der Waals surface area contributed by atoms with Crippen LogP contribution in [0.5, 0.6) is 5.75 Å². The molecule has 7 heteroatoms. The summed E-state index contributed by atoms with van der Waals surface area (Å²) in [6.07, 6.45) is 6.32. The second kappa shape index (κ2) is 11.2. The van der Waals surface area contributed by atoms with Gasteiger partial charge in [-0.3, -0.25) is 14.5 Å². The van der Waals surface area contributed by atoms with Gasteiger partial charge in [-0.25, -0.2) is 0 Å². The zero-order valence-corrected chi connectivity index (χ0v) is 22.8. The minimum absolute atomic E-state index is 0.0676. The van der Waals surface area contributed by atoms with Crippen LogP contribution in [0.2, 0.25) is 0 Å². The first-order valence-electron chi connectivity index (χ1n) is 14.0. The molecule has 1 saturated carbocycles. The number of nitrogens with zero attached hydrogens (tertiary/aromatic N) is 2. The van der Waals surface area contributed by atoms with Crippen LogP contribution in [0.3, 0.4) is 0 Å². The maximum Gasteiger partial charge on any atom is 0.244 e. The number of H-pyrrole nitrogens is 1. The van der Waals surface area contributed by atoms with E-state index in [1.165, 1.54) is 0 Å². The van der Waals surface area contributed by atoms with Crippen LogP contribution < -0.4 is 10.1 Å². The normalized spacial score (nSPS) is 17.9. The van der Waals surface area contributed by atoms with Crippen LogP contribution in [0.4, 0.5) is 0 Å². The largest absolute Gasteiger partial charge is 0.497 e. The molecule has 1 aromatic heterocycles. The summed E-state index contributed by atoms with van der Waals surface area (Å²) in [4.78, 5) is 34.0. The highest BCUT2D eigenvalue weighted by molar-refractivity contribution is 5.89. The zero-order valence-electron chi connectivity index (χ0n) is 22.8.